The molecule has 31 heavy (non-hydrogen) atoms. The van der Waals surface area contributed by atoms with E-state index < -0.39 is 45.8 Å². The van der Waals surface area contributed by atoms with Crippen LogP contribution in [0, 0.1) is 35.1 Å². The van der Waals surface area contributed by atoms with E-state index in [0.717, 1.165) is 62.8 Å². The largest absolute Gasteiger partial charge is 0.491 e. The van der Waals surface area contributed by atoms with Crippen LogP contribution in [0.3, 0.4) is 0 Å². The van der Waals surface area contributed by atoms with E-state index in [-0.39, 0.29) is 18.3 Å². The maximum Gasteiger partial charge on any atom is 0.201 e. The smallest absolute Gasteiger partial charge is 0.201 e. The molecule has 0 bridgehead atoms. The molecule has 2 aromatic rings. The van der Waals surface area contributed by atoms with Gasteiger partial charge in [0.2, 0.25) is 5.82 Å². The molecular weight excluding hydrogens is 411 g/mol. The first-order valence-corrected chi connectivity index (χ1v) is 10.8. The zero-order valence-electron chi connectivity index (χ0n) is 17.8. The lowest BCUT2D eigenvalue weighted by Crippen LogP contribution is -2.13. The first-order chi connectivity index (χ1) is 14.9. The van der Waals surface area contributed by atoms with Crippen molar-refractivity contribution in [3.05, 3.63) is 59.2 Å². The van der Waals surface area contributed by atoms with Crippen LogP contribution in [0.1, 0.15) is 57.9 Å². The molecule has 6 heteroatoms. The molecule has 0 amide bonds. The fourth-order valence-electron chi connectivity index (χ4n) is 4.30. The van der Waals surface area contributed by atoms with Gasteiger partial charge in [-0.3, -0.25) is 0 Å². The molecule has 1 fully saturated rings. The molecule has 1 saturated carbocycles. The molecule has 0 heterocycles. The number of allylic oxidation sites excluding steroid dienone is 1. The standard InChI is InChI=1S/C25H27F5O/c1-3-5-15-6-8-16(9-7-15)14-20(26)19-11-10-17(22(27)24(19)29)18-12-13-21(31-4-2)25(30)23(18)28/h10-16H,3-9H2,1-2H3. The van der Waals surface area contributed by atoms with Crippen molar-refractivity contribution in [2.45, 2.75) is 52.4 Å². The Hall–Kier alpha value is -2.37. The first kappa shape index (κ1) is 23.3. The van der Waals surface area contributed by atoms with E-state index in [1.165, 1.54) is 6.08 Å². The van der Waals surface area contributed by atoms with Crippen LogP contribution < -0.4 is 4.74 Å². The van der Waals surface area contributed by atoms with Crippen LogP contribution in [0.25, 0.3) is 17.0 Å². The summed E-state index contributed by atoms with van der Waals surface area (Å²) in [4.78, 5) is 0. The Morgan fingerprint density at radius 2 is 1.48 bits per heavy atom. The second-order valence-corrected chi connectivity index (χ2v) is 8.04. The quantitative estimate of drug-likeness (QED) is 0.396. The molecule has 0 aromatic heterocycles. The van der Waals surface area contributed by atoms with Crippen LogP contribution in [0.4, 0.5) is 22.0 Å². The third kappa shape index (κ3) is 5.10. The Morgan fingerprint density at radius 1 is 0.871 bits per heavy atom. The van der Waals surface area contributed by atoms with Gasteiger partial charge in [-0.25, -0.2) is 17.6 Å². The topological polar surface area (TPSA) is 9.23 Å². The van der Waals surface area contributed by atoms with Gasteiger partial charge < -0.3 is 4.74 Å². The highest BCUT2D eigenvalue weighted by molar-refractivity contribution is 5.70. The van der Waals surface area contributed by atoms with Crippen LogP contribution in [-0.4, -0.2) is 6.61 Å². The van der Waals surface area contributed by atoms with Crippen LogP contribution in [-0.2, 0) is 0 Å². The lowest BCUT2D eigenvalue weighted by Gasteiger charge is -2.26. The van der Waals surface area contributed by atoms with Crippen molar-refractivity contribution in [1.29, 1.82) is 0 Å². The molecule has 3 rings (SSSR count). The van der Waals surface area contributed by atoms with Crippen molar-refractivity contribution in [2.24, 2.45) is 11.8 Å². The Kier molecular flexibility index (Phi) is 7.74. The van der Waals surface area contributed by atoms with E-state index in [0.29, 0.717) is 5.92 Å². The average Bonchev–Trinajstić information content (AvgIpc) is 2.75. The summed E-state index contributed by atoms with van der Waals surface area (Å²) >= 11 is 0. The second-order valence-electron chi connectivity index (χ2n) is 8.04. The monoisotopic (exact) mass is 438 g/mol. The number of halogens is 5. The van der Waals surface area contributed by atoms with Crippen molar-refractivity contribution in [1.82, 2.24) is 0 Å². The Morgan fingerprint density at radius 3 is 2.10 bits per heavy atom. The average molecular weight is 438 g/mol. The summed E-state index contributed by atoms with van der Waals surface area (Å²) < 4.78 is 77.6. The number of ether oxygens (including phenoxy) is 1. The van der Waals surface area contributed by atoms with Crippen molar-refractivity contribution in [2.75, 3.05) is 6.61 Å². The Balaban J connectivity index is 1.85. The fraction of sp³-hybridized carbons (Fsp3) is 0.440. The van der Waals surface area contributed by atoms with Crippen molar-refractivity contribution >= 4 is 5.83 Å². The molecule has 0 unspecified atom stereocenters. The van der Waals surface area contributed by atoms with E-state index in [1.807, 2.05) is 0 Å². The highest BCUT2D eigenvalue weighted by Crippen LogP contribution is 2.37. The molecule has 0 saturated heterocycles. The SMILES string of the molecule is CCCC1CCC(C=C(F)c2ccc(-c3ccc(OCC)c(F)c3F)c(F)c2F)CC1. The molecule has 0 spiro atoms. The van der Waals surface area contributed by atoms with E-state index >= 15 is 0 Å². The summed E-state index contributed by atoms with van der Waals surface area (Å²) in [5.74, 6) is -5.99. The molecule has 0 atom stereocenters. The maximum atomic E-state index is 14.7. The Labute approximate surface area is 179 Å². The van der Waals surface area contributed by atoms with Crippen LogP contribution >= 0.6 is 0 Å². The van der Waals surface area contributed by atoms with Gasteiger partial charge in [0.25, 0.3) is 0 Å². The third-order valence-corrected chi connectivity index (χ3v) is 5.95. The maximum absolute atomic E-state index is 14.7. The van der Waals surface area contributed by atoms with Crippen molar-refractivity contribution in [3.63, 3.8) is 0 Å². The number of benzene rings is 2. The second kappa shape index (κ2) is 10.3. The van der Waals surface area contributed by atoms with Crippen LogP contribution in [0.5, 0.6) is 5.75 Å². The number of rotatable bonds is 7. The molecule has 0 N–H and O–H groups in total. The molecule has 1 aliphatic carbocycles. The summed E-state index contributed by atoms with van der Waals surface area (Å²) in [5, 5.41) is 0. The zero-order valence-corrected chi connectivity index (χ0v) is 17.8. The minimum atomic E-state index is -1.42. The van der Waals surface area contributed by atoms with Crippen molar-refractivity contribution < 1.29 is 26.7 Å². The van der Waals surface area contributed by atoms with Gasteiger partial charge in [0.05, 0.1) is 6.61 Å². The lowest BCUT2D eigenvalue weighted by molar-refractivity contribution is 0.293. The molecule has 1 nitrogen and oxygen atoms in total. The third-order valence-electron chi connectivity index (χ3n) is 5.95. The van der Waals surface area contributed by atoms with Gasteiger partial charge in [-0.2, -0.15) is 4.39 Å². The molecule has 0 aliphatic heterocycles. The summed E-state index contributed by atoms with van der Waals surface area (Å²) in [7, 11) is 0. The molecule has 0 radical (unpaired) electrons. The predicted octanol–water partition coefficient (Wildman–Crippen LogP) is 8.23. The predicted molar refractivity (Wildman–Crippen MR) is 112 cm³/mol. The van der Waals surface area contributed by atoms with Gasteiger partial charge >= 0.3 is 0 Å². The van der Waals surface area contributed by atoms with Gasteiger partial charge in [-0.15, -0.1) is 0 Å². The van der Waals surface area contributed by atoms with E-state index in [1.54, 1.807) is 6.92 Å². The summed E-state index contributed by atoms with van der Waals surface area (Å²) in [6, 6.07) is 4.40. The molecular formula is C25H27F5O. The number of hydrogen-bond donors (Lipinski definition) is 0. The van der Waals surface area contributed by atoms with Gasteiger partial charge in [-0.05, 0) is 68.7 Å². The van der Waals surface area contributed by atoms with E-state index in [4.69, 9.17) is 4.74 Å². The van der Waals surface area contributed by atoms with E-state index in [9.17, 15) is 22.0 Å². The summed E-state index contributed by atoms with van der Waals surface area (Å²) in [5.41, 5.74) is -1.44. The fourth-order valence-corrected chi connectivity index (χ4v) is 4.30. The molecule has 1 aliphatic rings. The molecule has 2 aromatic carbocycles. The van der Waals surface area contributed by atoms with E-state index in [2.05, 4.69) is 6.92 Å². The van der Waals surface area contributed by atoms with Crippen LogP contribution in [0.15, 0.2) is 30.3 Å². The number of hydrogen-bond acceptors (Lipinski definition) is 1. The Bertz CT molecular complexity index is 945. The lowest BCUT2D eigenvalue weighted by atomic mass is 9.80. The minimum Gasteiger partial charge on any atom is -0.491 e. The first-order valence-electron chi connectivity index (χ1n) is 10.8. The summed E-state index contributed by atoms with van der Waals surface area (Å²) in [6.07, 6.45) is 7.27. The minimum absolute atomic E-state index is 0.0205. The highest BCUT2D eigenvalue weighted by atomic mass is 19.2. The van der Waals surface area contributed by atoms with Gasteiger partial charge in [0.15, 0.2) is 23.2 Å². The van der Waals surface area contributed by atoms with Gasteiger partial charge in [-0.1, -0.05) is 25.8 Å². The normalized spacial score (nSPS) is 19.5. The van der Waals surface area contributed by atoms with Crippen LogP contribution in [0.2, 0.25) is 0 Å². The molecule has 168 valence electrons. The zero-order chi connectivity index (χ0) is 22.5. The van der Waals surface area contributed by atoms with Gasteiger partial charge in [0, 0.05) is 16.7 Å². The summed E-state index contributed by atoms with van der Waals surface area (Å²) in [6.45, 7) is 3.87. The van der Waals surface area contributed by atoms with Gasteiger partial charge in [0.1, 0.15) is 5.83 Å². The highest BCUT2D eigenvalue weighted by Gasteiger charge is 2.24. The van der Waals surface area contributed by atoms with Crippen molar-refractivity contribution in [3.8, 4) is 16.9 Å².